The van der Waals surface area contributed by atoms with Crippen LogP contribution in [0.4, 0.5) is 0 Å². The summed E-state index contributed by atoms with van der Waals surface area (Å²) in [5, 5.41) is 16.2. The number of ether oxygens (including phenoxy) is 1. The second-order valence-electron chi connectivity index (χ2n) is 5.48. The molecular formula is C17H18N2O3. The Bertz CT molecular complexity index is 658. The number of esters is 1. The molecule has 5 nitrogen and oxygen atoms in total. The van der Waals surface area contributed by atoms with E-state index in [2.05, 4.69) is 0 Å². The van der Waals surface area contributed by atoms with Gasteiger partial charge in [0, 0.05) is 5.71 Å². The Morgan fingerprint density at radius 3 is 2.64 bits per heavy atom. The van der Waals surface area contributed by atoms with E-state index in [4.69, 9.17) is 15.4 Å². The van der Waals surface area contributed by atoms with Gasteiger partial charge in [0.15, 0.2) is 12.4 Å². The highest BCUT2D eigenvalue weighted by molar-refractivity contribution is 6.06. The molecular weight excluding hydrogens is 280 g/mol. The number of hydrogen-bond acceptors (Lipinski definition) is 5. The lowest BCUT2D eigenvalue weighted by atomic mass is 9.90. The molecule has 1 aliphatic rings. The fourth-order valence-electron chi connectivity index (χ4n) is 2.57. The Kier molecular flexibility index (Phi) is 5.05. The molecule has 2 rings (SSSR count). The summed E-state index contributed by atoms with van der Waals surface area (Å²) in [6.45, 7) is 0.904. The third kappa shape index (κ3) is 3.59. The fourth-order valence-corrected chi connectivity index (χ4v) is 2.57. The molecule has 1 N–H and O–H groups in total. The SMILES string of the molecule is CC(=N)C(C#N)C(=O)COC(=O)c1ccc2c(c1)CCCC2. The number of fused-ring (bicyclic) bond motifs is 1. The van der Waals surface area contributed by atoms with Gasteiger partial charge >= 0.3 is 5.97 Å². The first kappa shape index (κ1) is 15.9. The van der Waals surface area contributed by atoms with Gasteiger partial charge in [0.05, 0.1) is 11.6 Å². The van der Waals surface area contributed by atoms with Gasteiger partial charge in [-0.05, 0) is 55.9 Å². The molecule has 0 saturated carbocycles. The van der Waals surface area contributed by atoms with Crippen LogP contribution in [0, 0.1) is 22.7 Å². The topological polar surface area (TPSA) is 91.0 Å². The van der Waals surface area contributed by atoms with Crippen LogP contribution in [0.25, 0.3) is 0 Å². The Morgan fingerprint density at radius 1 is 1.32 bits per heavy atom. The number of carbonyl (C=O) groups is 2. The lowest BCUT2D eigenvalue weighted by molar-refractivity contribution is -0.122. The predicted octanol–water partition coefficient (Wildman–Crippen LogP) is 2.47. The van der Waals surface area contributed by atoms with E-state index in [-0.39, 0.29) is 5.71 Å². The van der Waals surface area contributed by atoms with Crippen molar-refractivity contribution in [2.45, 2.75) is 32.6 Å². The molecule has 0 aromatic heterocycles. The van der Waals surface area contributed by atoms with E-state index in [9.17, 15) is 9.59 Å². The first-order chi connectivity index (χ1) is 10.5. The molecule has 0 heterocycles. The summed E-state index contributed by atoms with van der Waals surface area (Å²) in [6.07, 6.45) is 4.28. The number of nitrogens with zero attached hydrogens (tertiary/aromatic N) is 1. The molecule has 1 aromatic rings. The first-order valence-electron chi connectivity index (χ1n) is 7.29. The third-order valence-corrected chi connectivity index (χ3v) is 3.81. The summed E-state index contributed by atoms with van der Waals surface area (Å²) < 4.78 is 4.98. The van der Waals surface area contributed by atoms with Crippen LogP contribution < -0.4 is 0 Å². The number of nitrogens with one attached hydrogen (secondary N) is 1. The minimum Gasteiger partial charge on any atom is -0.454 e. The Hall–Kier alpha value is -2.48. The van der Waals surface area contributed by atoms with E-state index >= 15 is 0 Å². The molecule has 0 amide bonds. The zero-order valence-electron chi connectivity index (χ0n) is 12.5. The quantitative estimate of drug-likeness (QED) is 0.667. The van der Waals surface area contributed by atoms with Crippen LogP contribution in [-0.4, -0.2) is 24.1 Å². The van der Waals surface area contributed by atoms with E-state index in [1.807, 2.05) is 12.1 Å². The number of benzene rings is 1. The van der Waals surface area contributed by atoms with Gasteiger partial charge in [-0.25, -0.2) is 4.79 Å². The monoisotopic (exact) mass is 298 g/mol. The number of rotatable bonds is 5. The number of ketones is 1. The molecule has 0 saturated heterocycles. The van der Waals surface area contributed by atoms with Crippen molar-refractivity contribution >= 4 is 17.5 Å². The molecule has 0 spiro atoms. The molecule has 0 bridgehead atoms. The van der Waals surface area contributed by atoms with Crippen molar-refractivity contribution in [2.75, 3.05) is 6.61 Å². The number of aryl methyl sites for hydroxylation is 2. The van der Waals surface area contributed by atoms with E-state index in [0.717, 1.165) is 24.8 Å². The molecule has 0 fully saturated rings. The Balaban J connectivity index is 1.99. The van der Waals surface area contributed by atoms with E-state index in [1.54, 1.807) is 12.1 Å². The van der Waals surface area contributed by atoms with Crippen molar-refractivity contribution in [3.05, 3.63) is 34.9 Å². The van der Waals surface area contributed by atoms with Gasteiger partial charge in [0.2, 0.25) is 0 Å². The zero-order chi connectivity index (χ0) is 16.1. The van der Waals surface area contributed by atoms with Crippen molar-refractivity contribution in [1.82, 2.24) is 0 Å². The molecule has 1 unspecified atom stereocenters. The van der Waals surface area contributed by atoms with Gasteiger partial charge in [-0.15, -0.1) is 0 Å². The van der Waals surface area contributed by atoms with Gasteiger partial charge in [0.1, 0.15) is 5.92 Å². The maximum absolute atomic E-state index is 12.0. The maximum atomic E-state index is 12.0. The van der Waals surface area contributed by atoms with Crippen LogP contribution >= 0.6 is 0 Å². The van der Waals surface area contributed by atoms with Gasteiger partial charge in [-0.1, -0.05) is 6.07 Å². The lowest BCUT2D eigenvalue weighted by Gasteiger charge is -2.16. The summed E-state index contributed by atoms with van der Waals surface area (Å²) in [4.78, 5) is 23.7. The van der Waals surface area contributed by atoms with Crippen molar-refractivity contribution in [3.8, 4) is 6.07 Å². The molecule has 22 heavy (non-hydrogen) atoms. The van der Waals surface area contributed by atoms with E-state index in [1.165, 1.54) is 18.9 Å². The smallest absolute Gasteiger partial charge is 0.338 e. The largest absolute Gasteiger partial charge is 0.454 e. The summed E-state index contributed by atoms with van der Waals surface area (Å²) in [5.41, 5.74) is 2.81. The van der Waals surface area contributed by atoms with Gasteiger partial charge in [-0.3, -0.25) is 4.79 Å². The molecule has 1 aromatic carbocycles. The van der Waals surface area contributed by atoms with Crippen LogP contribution in [0.2, 0.25) is 0 Å². The average molecular weight is 298 g/mol. The van der Waals surface area contributed by atoms with Crippen LogP contribution in [-0.2, 0) is 22.4 Å². The number of hydrogen-bond donors (Lipinski definition) is 1. The van der Waals surface area contributed by atoms with Crippen LogP contribution in [0.1, 0.15) is 41.3 Å². The molecule has 0 radical (unpaired) electrons. The molecule has 5 heteroatoms. The highest BCUT2D eigenvalue weighted by atomic mass is 16.5. The summed E-state index contributed by atoms with van der Waals surface area (Å²) in [5.74, 6) is -2.28. The Morgan fingerprint density at radius 2 is 2.00 bits per heavy atom. The van der Waals surface area contributed by atoms with Crippen molar-refractivity contribution in [2.24, 2.45) is 5.92 Å². The highest BCUT2D eigenvalue weighted by Gasteiger charge is 2.22. The van der Waals surface area contributed by atoms with Crippen molar-refractivity contribution in [3.63, 3.8) is 0 Å². The summed E-state index contributed by atoms with van der Waals surface area (Å²) in [6, 6.07) is 7.21. The highest BCUT2D eigenvalue weighted by Crippen LogP contribution is 2.22. The lowest BCUT2D eigenvalue weighted by Crippen LogP contribution is -2.25. The minimum atomic E-state index is -1.14. The second kappa shape index (κ2) is 6.99. The zero-order valence-corrected chi connectivity index (χ0v) is 12.5. The standard InChI is InChI=1S/C17H18N2O3/c1-11(19)15(9-18)16(20)10-22-17(21)14-7-6-12-4-2-3-5-13(12)8-14/h6-8,15,19H,2-5,10H2,1H3. The summed E-state index contributed by atoms with van der Waals surface area (Å²) in [7, 11) is 0. The van der Waals surface area contributed by atoms with Crippen LogP contribution in [0.15, 0.2) is 18.2 Å². The molecule has 1 atom stereocenters. The number of Topliss-reactive ketones (excluding diaryl/α,β-unsaturated/α-hetero) is 1. The van der Waals surface area contributed by atoms with Gasteiger partial charge in [0.25, 0.3) is 0 Å². The van der Waals surface area contributed by atoms with Crippen molar-refractivity contribution < 1.29 is 14.3 Å². The van der Waals surface area contributed by atoms with Crippen LogP contribution in [0.5, 0.6) is 0 Å². The normalized spacial score (nSPS) is 14.4. The second-order valence-corrected chi connectivity index (χ2v) is 5.48. The van der Waals surface area contributed by atoms with Crippen LogP contribution in [0.3, 0.4) is 0 Å². The van der Waals surface area contributed by atoms with Crippen molar-refractivity contribution in [1.29, 1.82) is 10.7 Å². The first-order valence-corrected chi connectivity index (χ1v) is 7.29. The molecule has 0 aliphatic heterocycles. The maximum Gasteiger partial charge on any atom is 0.338 e. The number of carbonyl (C=O) groups excluding carboxylic acids is 2. The van der Waals surface area contributed by atoms with E-state index < -0.39 is 24.3 Å². The predicted molar refractivity (Wildman–Crippen MR) is 80.9 cm³/mol. The molecule has 1 aliphatic carbocycles. The average Bonchev–Trinajstić information content (AvgIpc) is 2.52. The number of nitriles is 1. The summed E-state index contributed by atoms with van der Waals surface area (Å²) >= 11 is 0. The minimum absolute atomic E-state index is 0.0441. The van der Waals surface area contributed by atoms with Gasteiger partial charge < -0.3 is 10.1 Å². The van der Waals surface area contributed by atoms with E-state index in [0.29, 0.717) is 5.56 Å². The third-order valence-electron chi connectivity index (χ3n) is 3.81. The Labute approximate surface area is 129 Å². The molecule has 114 valence electrons. The van der Waals surface area contributed by atoms with Gasteiger partial charge in [-0.2, -0.15) is 5.26 Å². The fraction of sp³-hybridized carbons (Fsp3) is 0.412.